The van der Waals surface area contributed by atoms with Crippen LogP contribution < -0.4 is 17.2 Å². The molecule has 1 aromatic rings. The Morgan fingerprint density at radius 1 is 1.50 bits per heavy atom. The average Bonchev–Trinajstić information content (AvgIpc) is 2.50. The Hall–Kier alpha value is -2.32. The Morgan fingerprint density at radius 3 is 2.71 bits per heavy atom. The van der Waals surface area contributed by atoms with Gasteiger partial charge in [0.25, 0.3) is 5.91 Å². The molecule has 14 heavy (non-hydrogen) atoms. The van der Waals surface area contributed by atoms with Gasteiger partial charge in [-0.15, -0.1) is 0 Å². The summed E-state index contributed by atoms with van der Waals surface area (Å²) in [6.45, 7) is -0.383. The van der Waals surface area contributed by atoms with Crippen LogP contribution in [-0.4, -0.2) is 28.7 Å². The molecule has 0 aliphatic carbocycles. The number of oxime groups is 1. The minimum atomic E-state index is -0.673. The van der Waals surface area contributed by atoms with Crippen LogP contribution in [0.1, 0.15) is 5.69 Å². The molecular weight excluding hydrogens is 192 g/mol. The third-order valence-electron chi connectivity index (χ3n) is 1.13. The number of hydrogen-bond donors (Lipinski definition) is 3. The molecule has 6 N–H and O–H groups in total. The van der Waals surface area contributed by atoms with Gasteiger partial charge in [-0.1, -0.05) is 5.16 Å². The number of carbonyl (C=O) groups excluding carboxylic acids is 1. The van der Waals surface area contributed by atoms with Crippen molar-refractivity contribution in [3.63, 3.8) is 0 Å². The largest absolute Gasteiger partial charge is 0.384 e. The second-order valence-electron chi connectivity index (χ2n) is 2.21. The van der Waals surface area contributed by atoms with Crippen LogP contribution in [0.25, 0.3) is 0 Å². The number of rotatable bonds is 4. The quantitative estimate of drug-likeness (QED) is 0.282. The lowest BCUT2D eigenvalue weighted by molar-refractivity contribution is -0.122. The van der Waals surface area contributed by atoms with Gasteiger partial charge in [0.1, 0.15) is 0 Å². The fourth-order valence-electron chi connectivity index (χ4n) is 0.582. The summed E-state index contributed by atoms with van der Waals surface area (Å²) < 4.78 is 4.26. The summed E-state index contributed by atoms with van der Waals surface area (Å²) in [5, 5.41) is 9.93. The molecule has 0 aliphatic heterocycles. The molecular formula is C5H8N6O3. The molecule has 1 aromatic heterocycles. The molecule has 0 saturated heterocycles. The highest BCUT2D eigenvalue weighted by Crippen LogP contribution is 2.02. The first kappa shape index (κ1) is 9.77. The van der Waals surface area contributed by atoms with E-state index in [1.807, 2.05) is 0 Å². The summed E-state index contributed by atoms with van der Waals surface area (Å²) in [5.41, 5.74) is 15.5. The zero-order valence-corrected chi connectivity index (χ0v) is 7.01. The zero-order valence-electron chi connectivity index (χ0n) is 7.01. The fourth-order valence-corrected chi connectivity index (χ4v) is 0.582. The molecule has 0 aliphatic rings. The van der Waals surface area contributed by atoms with Gasteiger partial charge in [0.15, 0.2) is 24.0 Å². The lowest BCUT2D eigenvalue weighted by atomic mass is 10.4. The molecule has 0 radical (unpaired) electrons. The summed E-state index contributed by atoms with van der Waals surface area (Å²) in [7, 11) is 0. The number of carbonyl (C=O) groups is 1. The molecule has 9 nitrogen and oxygen atoms in total. The van der Waals surface area contributed by atoms with Gasteiger partial charge in [0, 0.05) is 0 Å². The number of anilines is 1. The van der Waals surface area contributed by atoms with E-state index in [9.17, 15) is 4.79 Å². The summed E-state index contributed by atoms with van der Waals surface area (Å²) in [5.74, 6) is -0.841. The van der Waals surface area contributed by atoms with Gasteiger partial charge in [-0.2, -0.15) is 0 Å². The van der Waals surface area contributed by atoms with Gasteiger partial charge in [-0.25, -0.2) is 4.63 Å². The van der Waals surface area contributed by atoms with Crippen LogP contribution in [0.3, 0.4) is 0 Å². The molecule has 1 heterocycles. The smallest absolute Gasteiger partial charge is 0.258 e. The van der Waals surface area contributed by atoms with E-state index >= 15 is 0 Å². The number of primary amides is 1. The SMILES string of the molecule is NC(=O)CON=C(N)c1nonc1N. The van der Waals surface area contributed by atoms with Crippen LogP contribution in [0.15, 0.2) is 9.78 Å². The predicted molar refractivity (Wildman–Crippen MR) is 44.6 cm³/mol. The molecule has 9 heteroatoms. The highest BCUT2D eigenvalue weighted by molar-refractivity contribution is 5.98. The lowest BCUT2D eigenvalue weighted by Crippen LogP contribution is -2.20. The van der Waals surface area contributed by atoms with Crippen LogP contribution in [0.5, 0.6) is 0 Å². The Labute approximate surface area is 77.8 Å². The molecule has 0 fully saturated rings. The number of aromatic nitrogens is 2. The second kappa shape index (κ2) is 4.07. The first-order chi connectivity index (χ1) is 6.61. The van der Waals surface area contributed by atoms with E-state index in [2.05, 4.69) is 24.9 Å². The Kier molecular flexibility index (Phi) is 2.84. The van der Waals surface area contributed by atoms with Crippen LogP contribution in [0.4, 0.5) is 5.82 Å². The van der Waals surface area contributed by atoms with Gasteiger partial charge in [0.2, 0.25) is 0 Å². The Morgan fingerprint density at radius 2 is 2.21 bits per heavy atom. The molecule has 76 valence electrons. The van der Waals surface area contributed by atoms with Crippen molar-refractivity contribution in [2.45, 2.75) is 0 Å². The average molecular weight is 200 g/mol. The number of nitrogens with zero attached hydrogens (tertiary/aromatic N) is 3. The van der Waals surface area contributed by atoms with Crippen molar-refractivity contribution in [2.24, 2.45) is 16.6 Å². The predicted octanol–water partition coefficient (Wildman–Crippen LogP) is -2.23. The molecule has 0 unspecified atom stereocenters. The van der Waals surface area contributed by atoms with Crippen LogP contribution in [-0.2, 0) is 9.63 Å². The topological polar surface area (TPSA) is 156 Å². The van der Waals surface area contributed by atoms with Crippen molar-refractivity contribution in [3.05, 3.63) is 5.69 Å². The number of nitrogen functional groups attached to an aromatic ring is 1. The van der Waals surface area contributed by atoms with Crippen molar-refractivity contribution < 1.29 is 14.3 Å². The normalized spacial score (nSPS) is 11.3. The van der Waals surface area contributed by atoms with Crippen molar-refractivity contribution in [1.29, 1.82) is 0 Å². The highest BCUT2D eigenvalue weighted by Gasteiger charge is 2.10. The van der Waals surface area contributed by atoms with Crippen molar-refractivity contribution in [1.82, 2.24) is 10.3 Å². The monoisotopic (exact) mass is 200 g/mol. The van der Waals surface area contributed by atoms with E-state index in [4.69, 9.17) is 17.2 Å². The molecule has 0 aromatic carbocycles. The minimum absolute atomic E-state index is 0.0195. The van der Waals surface area contributed by atoms with Gasteiger partial charge in [0.05, 0.1) is 0 Å². The van der Waals surface area contributed by atoms with E-state index in [0.29, 0.717) is 0 Å². The van der Waals surface area contributed by atoms with Crippen molar-refractivity contribution in [3.8, 4) is 0 Å². The van der Waals surface area contributed by atoms with Crippen molar-refractivity contribution in [2.75, 3.05) is 12.3 Å². The van der Waals surface area contributed by atoms with E-state index in [0.717, 1.165) is 0 Å². The van der Waals surface area contributed by atoms with Gasteiger partial charge >= 0.3 is 0 Å². The van der Waals surface area contributed by atoms with E-state index in [1.54, 1.807) is 0 Å². The van der Waals surface area contributed by atoms with E-state index in [-0.39, 0.29) is 24.0 Å². The maximum Gasteiger partial charge on any atom is 0.258 e. The Bertz CT molecular complexity index is 358. The van der Waals surface area contributed by atoms with Gasteiger partial charge < -0.3 is 22.0 Å². The second-order valence-corrected chi connectivity index (χ2v) is 2.21. The number of amidine groups is 1. The minimum Gasteiger partial charge on any atom is -0.384 e. The molecule has 1 rings (SSSR count). The Balaban J connectivity index is 2.61. The molecule has 1 amide bonds. The third kappa shape index (κ3) is 2.33. The van der Waals surface area contributed by atoms with Crippen molar-refractivity contribution >= 4 is 17.6 Å². The first-order valence-electron chi connectivity index (χ1n) is 3.43. The van der Waals surface area contributed by atoms with Gasteiger partial charge in [-0.3, -0.25) is 4.79 Å². The zero-order chi connectivity index (χ0) is 10.6. The molecule has 0 spiro atoms. The maximum absolute atomic E-state index is 10.3. The van der Waals surface area contributed by atoms with E-state index in [1.165, 1.54) is 0 Å². The van der Waals surface area contributed by atoms with E-state index < -0.39 is 5.91 Å². The number of hydrogen-bond acceptors (Lipinski definition) is 7. The summed E-state index contributed by atoms with van der Waals surface area (Å²) in [6.07, 6.45) is 0. The summed E-state index contributed by atoms with van der Waals surface area (Å²) in [6, 6.07) is 0. The number of amides is 1. The standard InChI is InChI=1S/C5H8N6O3/c6-2(12)1-13-10-4(7)3-5(8)11-14-9-3/h1H2,(H2,6,12)(H2,7,10)(H2,8,11). The summed E-state index contributed by atoms with van der Waals surface area (Å²) in [4.78, 5) is 14.7. The fraction of sp³-hybridized carbons (Fsp3) is 0.200. The van der Waals surface area contributed by atoms with Crippen LogP contribution in [0.2, 0.25) is 0 Å². The first-order valence-corrected chi connectivity index (χ1v) is 3.43. The molecule has 0 saturated carbocycles. The maximum atomic E-state index is 10.3. The number of nitrogens with two attached hydrogens (primary N) is 3. The third-order valence-corrected chi connectivity index (χ3v) is 1.13. The van der Waals surface area contributed by atoms with Crippen LogP contribution >= 0.6 is 0 Å². The summed E-state index contributed by atoms with van der Waals surface area (Å²) >= 11 is 0. The molecule has 0 atom stereocenters. The highest BCUT2D eigenvalue weighted by atomic mass is 16.6. The van der Waals surface area contributed by atoms with Gasteiger partial charge in [-0.05, 0) is 10.3 Å². The van der Waals surface area contributed by atoms with Crippen LogP contribution in [0, 0.1) is 0 Å². The molecule has 0 bridgehead atoms. The lowest BCUT2D eigenvalue weighted by Gasteiger charge is -1.96.